The van der Waals surface area contributed by atoms with Crippen molar-refractivity contribution in [1.82, 2.24) is 14.8 Å². The molecule has 0 fully saturated rings. The van der Waals surface area contributed by atoms with Gasteiger partial charge in [-0.3, -0.25) is 14.9 Å². The van der Waals surface area contributed by atoms with Crippen LogP contribution in [0, 0.1) is 24.0 Å². The number of thioether (sulfide) groups is 1. The van der Waals surface area contributed by atoms with Crippen molar-refractivity contribution in [3.05, 3.63) is 39.7 Å². The van der Waals surface area contributed by atoms with E-state index in [0.717, 1.165) is 5.82 Å². The number of para-hydroxylation sites is 1. The number of nitrogens with one attached hydrogen (secondary N) is 1. The van der Waals surface area contributed by atoms with Gasteiger partial charge in [-0.05, 0) is 19.4 Å². The molecule has 0 aliphatic heterocycles. The van der Waals surface area contributed by atoms with E-state index in [0.29, 0.717) is 10.7 Å². The van der Waals surface area contributed by atoms with Crippen molar-refractivity contribution in [3.63, 3.8) is 0 Å². The number of rotatable bonds is 5. The zero-order valence-electron chi connectivity index (χ0n) is 12.4. The molecule has 0 saturated heterocycles. The van der Waals surface area contributed by atoms with Gasteiger partial charge in [0, 0.05) is 13.1 Å². The Hall–Kier alpha value is -2.42. The molecular formula is C13H15N5O3S. The Kier molecular flexibility index (Phi) is 4.76. The lowest BCUT2D eigenvalue weighted by Gasteiger charge is -2.08. The predicted octanol–water partition coefficient (Wildman–Crippen LogP) is 2.07. The van der Waals surface area contributed by atoms with E-state index in [1.165, 1.54) is 17.8 Å². The standard InChI is InChI=1S/C13H15N5O3S/c1-8-5-4-6-10(18(20)21)12(8)14-11(19)7-22-13-16-15-9(2)17(13)3/h4-6H,7H2,1-3H3,(H,14,19). The number of hydrogen-bond donors (Lipinski definition) is 1. The molecule has 1 aromatic heterocycles. The van der Waals surface area contributed by atoms with Crippen LogP contribution in [0.2, 0.25) is 0 Å². The van der Waals surface area contributed by atoms with E-state index < -0.39 is 4.92 Å². The maximum absolute atomic E-state index is 12.0. The Morgan fingerprint density at radius 3 is 2.73 bits per heavy atom. The van der Waals surface area contributed by atoms with Gasteiger partial charge in [0.15, 0.2) is 5.16 Å². The molecule has 1 heterocycles. The lowest BCUT2D eigenvalue weighted by molar-refractivity contribution is -0.384. The van der Waals surface area contributed by atoms with Crippen molar-refractivity contribution in [1.29, 1.82) is 0 Å². The first-order chi connectivity index (χ1) is 10.4. The van der Waals surface area contributed by atoms with Gasteiger partial charge >= 0.3 is 0 Å². The van der Waals surface area contributed by atoms with Crippen molar-refractivity contribution in [3.8, 4) is 0 Å². The third-order valence-corrected chi connectivity index (χ3v) is 4.12. The number of aryl methyl sites for hydroxylation is 2. The van der Waals surface area contributed by atoms with Gasteiger partial charge in [-0.25, -0.2) is 0 Å². The number of benzene rings is 1. The number of anilines is 1. The fourth-order valence-electron chi connectivity index (χ4n) is 1.79. The van der Waals surface area contributed by atoms with Crippen molar-refractivity contribution in [2.45, 2.75) is 19.0 Å². The van der Waals surface area contributed by atoms with Gasteiger partial charge in [-0.15, -0.1) is 10.2 Å². The first-order valence-electron chi connectivity index (χ1n) is 6.42. The van der Waals surface area contributed by atoms with Gasteiger partial charge in [-0.2, -0.15) is 0 Å². The first-order valence-corrected chi connectivity index (χ1v) is 7.41. The molecule has 1 aromatic carbocycles. The van der Waals surface area contributed by atoms with Gasteiger partial charge < -0.3 is 9.88 Å². The summed E-state index contributed by atoms with van der Waals surface area (Å²) in [5.41, 5.74) is 0.752. The van der Waals surface area contributed by atoms with E-state index >= 15 is 0 Å². The summed E-state index contributed by atoms with van der Waals surface area (Å²) in [6.07, 6.45) is 0. The van der Waals surface area contributed by atoms with Crippen molar-refractivity contribution < 1.29 is 9.72 Å². The van der Waals surface area contributed by atoms with Gasteiger partial charge in [-0.1, -0.05) is 23.9 Å². The van der Waals surface area contributed by atoms with Crippen LogP contribution < -0.4 is 5.32 Å². The molecule has 0 unspecified atom stereocenters. The van der Waals surface area contributed by atoms with Crippen LogP contribution in [-0.2, 0) is 11.8 Å². The maximum atomic E-state index is 12.0. The Morgan fingerprint density at radius 2 is 2.14 bits per heavy atom. The molecule has 2 aromatic rings. The lowest BCUT2D eigenvalue weighted by Crippen LogP contribution is -2.16. The third-order valence-electron chi connectivity index (χ3n) is 3.10. The highest BCUT2D eigenvalue weighted by atomic mass is 32.2. The second-order valence-corrected chi connectivity index (χ2v) is 5.59. The fraction of sp³-hybridized carbons (Fsp3) is 0.308. The Balaban J connectivity index is 2.07. The van der Waals surface area contributed by atoms with Crippen molar-refractivity contribution in [2.75, 3.05) is 11.1 Å². The van der Waals surface area contributed by atoms with Gasteiger partial charge in [0.2, 0.25) is 5.91 Å². The number of nitro benzene ring substituents is 1. The number of carbonyl (C=O) groups is 1. The number of hydrogen-bond acceptors (Lipinski definition) is 6. The molecule has 0 bridgehead atoms. The topological polar surface area (TPSA) is 103 Å². The molecule has 0 spiro atoms. The highest BCUT2D eigenvalue weighted by Gasteiger charge is 2.18. The molecule has 116 valence electrons. The molecule has 0 aliphatic rings. The number of nitrogens with zero attached hydrogens (tertiary/aromatic N) is 4. The lowest BCUT2D eigenvalue weighted by atomic mass is 10.1. The summed E-state index contributed by atoms with van der Waals surface area (Å²) in [6.45, 7) is 3.52. The Morgan fingerprint density at radius 1 is 1.41 bits per heavy atom. The zero-order chi connectivity index (χ0) is 16.3. The van der Waals surface area contributed by atoms with E-state index in [9.17, 15) is 14.9 Å². The monoisotopic (exact) mass is 321 g/mol. The molecule has 1 N–H and O–H groups in total. The average molecular weight is 321 g/mol. The molecule has 0 radical (unpaired) electrons. The van der Waals surface area contributed by atoms with E-state index in [1.54, 1.807) is 23.6 Å². The smallest absolute Gasteiger partial charge is 0.293 e. The van der Waals surface area contributed by atoms with Crippen LogP contribution in [0.25, 0.3) is 0 Å². The minimum absolute atomic E-state index is 0.0947. The molecular weight excluding hydrogens is 306 g/mol. The van der Waals surface area contributed by atoms with Crippen molar-refractivity contribution in [2.24, 2.45) is 7.05 Å². The molecule has 2 rings (SSSR count). The van der Waals surface area contributed by atoms with Crippen LogP contribution in [-0.4, -0.2) is 31.3 Å². The SMILES string of the molecule is Cc1cccc([N+](=O)[O-])c1NC(=O)CSc1nnc(C)n1C. The maximum Gasteiger partial charge on any atom is 0.293 e. The quantitative estimate of drug-likeness (QED) is 0.514. The summed E-state index contributed by atoms with van der Waals surface area (Å²) in [4.78, 5) is 22.5. The highest BCUT2D eigenvalue weighted by molar-refractivity contribution is 7.99. The summed E-state index contributed by atoms with van der Waals surface area (Å²) >= 11 is 1.22. The van der Waals surface area contributed by atoms with Crippen molar-refractivity contribution >= 4 is 29.0 Å². The van der Waals surface area contributed by atoms with Gasteiger partial charge in [0.1, 0.15) is 11.5 Å². The zero-order valence-corrected chi connectivity index (χ0v) is 13.2. The average Bonchev–Trinajstić information content (AvgIpc) is 2.78. The Bertz CT molecular complexity index is 728. The largest absolute Gasteiger partial charge is 0.319 e. The predicted molar refractivity (Wildman–Crippen MR) is 82.9 cm³/mol. The second kappa shape index (κ2) is 6.56. The number of nitro groups is 1. The summed E-state index contributed by atoms with van der Waals surface area (Å²) in [6, 6.07) is 4.66. The summed E-state index contributed by atoms with van der Waals surface area (Å²) in [5, 5.41) is 22.1. The molecule has 1 amide bonds. The van der Waals surface area contributed by atoms with Crippen LogP contribution in [0.5, 0.6) is 0 Å². The first kappa shape index (κ1) is 16.0. The minimum atomic E-state index is -0.512. The summed E-state index contributed by atoms with van der Waals surface area (Å²) in [5.74, 6) is 0.512. The van der Waals surface area contributed by atoms with Crippen LogP contribution in [0.3, 0.4) is 0 Å². The van der Waals surface area contributed by atoms with E-state index in [-0.39, 0.29) is 23.0 Å². The Labute approximate surface area is 131 Å². The van der Waals surface area contributed by atoms with Gasteiger partial charge in [0.25, 0.3) is 5.69 Å². The fourth-order valence-corrected chi connectivity index (χ4v) is 2.54. The summed E-state index contributed by atoms with van der Waals surface area (Å²) < 4.78 is 1.77. The molecule has 22 heavy (non-hydrogen) atoms. The van der Waals surface area contributed by atoms with Crippen LogP contribution in [0.15, 0.2) is 23.4 Å². The normalized spacial score (nSPS) is 10.5. The molecule has 0 aliphatic carbocycles. The van der Waals surface area contributed by atoms with E-state index in [2.05, 4.69) is 15.5 Å². The highest BCUT2D eigenvalue weighted by Crippen LogP contribution is 2.28. The van der Waals surface area contributed by atoms with Crippen LogP contribution >= 0.6 is 11.8 Å². The molecule has 0 saturated carbocycles. The molecule has 8 nitrogen and oxygen atoms in total. The van der Waals surface area contributed by atoms with E-state index in [1.807, 2.05) is 14.0 Å². The second-order valence-electron chi connectivity index (χ2n) is 4.65. The van der Waals surface area contributed by atoms with Crippen LogP contribution in [0.1, 0.15) is 11.4 Å². The van der Waals surface area contributed by atoms with Gasteiger partial charge in [0.05, 0.1) is 10.7 Å². The number of aromatic nitrogens is 3. The minimum Gasteiger partial charge on any atom is -0.319 e. The van der Waals surface area contributed by atoms with E-state index in [4.69, 9.17) is 0 Å². The number of carbonyl (C=O) groups excluding carboxylic acids is 1. The third kappa shape index (κ3) is 3.42. The van der Waals surface area contributed by atoms with Crippen LogP contribution in [0.4, 0.5) is 11.4 Å². The molecule has 9 heteroatoms. The molecule has 0 atom stereocenters. The number of amides is 1. The summed E-state index contributed by atoms with van der Waals surface area (Å²) in [7, 11) is 1.81.